The van der Waals surface area contributed by atoms with Gasteiger partial charge in [0.1, 0.15) is 0 Å². The minimum absolute atomic E-state index is 0.000642. The van der Waals surface area contributed by atoms with Crippen LogP contribution in [0.1, 0.15) is 180 Å². The van der Waals surface area contributed by atoms with Gasteiger partial charge < -0.3 is 9.80 Å². The van der Waals surface area contributed by atoms with Gasteiger partial charge in [0, 0.05) is 40.4 Å². The number of rotatable bonds is 5. The largest absolute Gasteiger partial charge is 0.339 e. The molecule has 3 atom stereocenters. The number of hydrogen-bond acceptors (Lipinski definition) is 2. The van der Waals surface area contributed by atoms with Crippen LogP contribution in [0.25, 0.3) is 0 Å². The lowest BCUT2D eigenvalue weighted by molar-refractivity contribution is 0.413. The van der Waals surface area contributed by atoms with Crippen molar-refractivity contribution in [2.75, 3.05) is 9.80 Å². The van der Waals surface area contributed by atoms with Crippen molar-refractivity contribution in [3.63, 3.8) is 0 Å². The van der Waals surface area contributed by atoms with Crippen molar-refractivity contribution in [2.45, 2.75) is 169 Å². The van der Waals surface area contributed by atoms with Crippen LogP contribution in [0.4, 0.5) is 28.4 Å². The van der Waals surface area contributed by atoms with Crippen molar-refractivity contribution < 1.29 is 0 Å². The quantitative estimate of drug-likeness (QED) is 0.126. The fraction of sp³-hybridized carbons (Fsp3) is 0.438. The standard InChI is InChI=1S/C64H77BN2/c1-60(2,3)45-22-18-41(19-23-45)58(42-20-24-46(25-21-42)61(4,5)6)44-36-56-59-57(37-44)67(55-35-40-16-17-43(55)34-40)54-33-29-49(64(13,14)15)39-52(54)65(59)51-38-48(63(10,11)12)28-32-53(51)66(56)50-30-26-47(27-31-50)62(7,8)9/h18-33,36-40,43,55,58H,16-17,34-35H2,1-15H3. The molecule has 4 aliphatic rings. The molecule has 10 rings (SSSR count). The van der Waals surface area contributed by atoms with Gasteiger partial charge in [0.25, 0.3) is 6.71 Å². The van der Waals surface area contributed by atoms with Gasteiger partial charge in [-0.05, 0) is 155 Å². The van der Waals surface area contributed by atoms with Gasteiger partial charge in [-0.2, -0.15) is 0 Å². The minimum atomic E-state index is -0.000642. The van der Waals surface area contributed by atoms with Crippen LogP contribution < -0.4 is 26.2 Å². The smallest absolute Gasteiger partial charge is 0.252 e. The normalized spacial score (nSPS) is 19.2. The van der Waals surface area contributed by atoms with Gasteiger partial charge in [0.15, 0.2) is 0 Å². The highest BCUT2D eigenvalue weighted by atomic mass is 15.2. The van der Waals surface area contributed by atoms with Crippen molar-refractivity contribution in [3.8, 4) is 0 Å². The van der Waals surface area contributed by atoms with Crippen molar-refractivity contribution in [1.82, 2.24) is 0 Å². The molecule has 3 unspecified atom stereocenters. The number of benzene rings is 6. The Morgan fingerprint density at radius 2 is 0.851 bits per heavy atom. The summed E-state index contributed by atoms with van der Waals surface area (Å²) in [5.74, 6) is 1.54. The molecule has 2 nitrogen and oxygen atoms in total. The van der Waals surface area contributed by atoms with Crippen LogP contribution in [0, 0.1) is 11.8 Å². The van der Waals surface area contributed by atoms with Gasteiger partial charge in [0.2, 0.25) is 0 Å². The average molecular weight is 885 g/mol. The van der Waals surface area contributed by atoms with Gasteiger partial charge in [-0.1, -0.05) is 195 Å². The Bertz CT molecular complexity index is 2770. The zero-order valence-electron chi connectivity index (χ0n) is 43.7. The van der Waals surface area contributed by atoms with E-state index in [1.165, 1.54) is 115 Å². The first kappa shape index (κ1) is 45.8. The summed E-state index contributed by atoms with van der Waals surface area (Å²) in [7, 11) is 0. The molecule has 67 heavy (non-hydrogen) atoms. The summed E-state index contributed by atoms with van der Waals surface area (Å²) in [5.41, 5.74) is 22.1. The van der Waals surface area contributed by atoms with Gasteiger partial charge in [-0.3, -0.25) is 0 Å². The first-order valence-corrected chi connectivity index (χ1v) is 25.7. The van der Waals surface area contributed by atoms with Crippen LogP contribution in [0.15, 0.2) is 121 Å². The van der Waals surface area contributed by atoms with Crippen LogP contribution >= 0.6 is 0 Å². The van der Waals surface area contributed by atoms with Gasteiger partial charge in [-0.15, -0.1) is 0 Å². The molecule has 2 saturated carbocycles. The molecule has 0 N–H and O–H groups in total. The second kappa shape index (κ2) is 15.8. The number of hydrogen-bond donors (Lipinski definition) is 0. The minimum Gasteiger partial charge on any atom is -0.339 e. The SMILES string of the molecule is CC(C)(C)c1ccc(C(c2ccc(C(C)(C)C)cc2)c2cc3c4c(c2)N(C2CC5CCC2C5)c2ccc(C(C)(C)C)cc2B4c2cc(C(C)(C)C)ccc2N3c2ccc(C(C)(C)C)cc2)cc1. The van der Waals surface area contributed by atoms with E-state index in [2.05, 4.69) is 235 Å². The summed E-state index contributed by atoms with van der Waals surface area (Å²) in [6.45, 7) is 35.3. The molecule has 0 spiro atoms. The molecule has 3 heteroatoms. The Kier molecular flexibility index (Phi) is 10.8. The van der Waals surface area contributed by atoms with Crippen LogP contribution in [0.5, 0.6) is 0 Å². The molecular weight excluding hydrogens is 808 g/mol. The van der Waals surface area contributed by atoms with Crippen molar-refractivity contribution >= 4 is 51.5 Å². The van der Waals surface area contributed by atoms with E-state index in [-0.39, 0.29) is 39.7 Å². The van der Waals surface area contributed by atoms with Gasteiger partial charge in [0.05, 0.1) is 0 Å². The van der Waals surface area contributed by atoms with E-state index in [0.717, 1.165) is 5.92 Å². The second-order valence-corrected chi connectivity index (χ2v) is 26.4. The molecule has 0 saturated heterocycles. The fourth-order valence-electron chi connectivity index (χ4n) is 12.4. The van der Waals surface area contributed by atoms with Crippen molar-refractivity contribution in [3.05, 3.63) is 166 Å². The first-order chi connectivity index (χ1) is 31.4. The Morgan fingerprint density at radius 3 is 1.30 bits per heavy atom. The predicted octanol–water partition coefficient (Wildman–Crippen LogP) is 15.3. The van der Waals surface area contributed by atoms with Crippen molar-refractivity contribution in [1.29, 1.82) is 0 Å². The maximum absolute atomic E-state index is 2.91. The molecule has 2 fully saturated rings. The Balaban J connectivity index is 1.31. The topological polar surface area (TPSA) is 6.48 Å². The zero-order chi connectivity index (χ0) is 47.7. The third kappa shape index (κ3) is 8.09. The molecule has 2 bridgehead atoms. The molecule has 346 valence electrons. The summed E-state index contributed by atoms with van der Waals surface area (Å²) >= 11 is 0. The van der Waals surface area contributed by atoms with Crippen LogP contribution in [-0.4, -0.2) is 12.8 Å². The highest BCUT2D eigenvalue weighted by Gasteiger charge is 2.50. The predicted molar refractivity (Wildman–Crippen MR) is 291 cm³/mol. The molecule has 2 aliphatic heterocycles. The maximum Gasteiger partial charge on any atom is 0.252 e. The molecule has 6 aromatic carbocycles. The molecular formula is C64H77BN2. The Hall–Kier alpha value is -5.02. The summed E-state index contributed by atoms with van der Waals surface area (Å²) in [4.78, 5) is 5.57. The third-order valence-electron chi connectivity index (χ3n) is 16.4. The lowest BCUT2D eigenvalue weighted by atomic mass is 9.33. The molecule has 2 aliphatic carbocycles. The zero-order valence-corrected chi connectivity index (χ0v) is 43.7. The first-order valence-electron chi connectivity index (χ1n) is 25.7. The Morgan fingerprint density at radius 1 is 0.418 bits per heavy atom. The van der Waals surface area contributed by atoms with Crippen molar-refractivity contribution in [2.24, 2.45) is 11.8 Å². The average Bonchev–Trinajstić information content (AvgIpc) is 3.89. The summed E-state index contributed by atoms with van der Waals surface area (Å²) in [6.07, 6.45) is 5.34. The molecule has 6 aromatic rings. The lowest BCUT2D eigenvalue weighted by Crippen LogP contribution is -2.63. The second-order valence-electron chi connectivity index (χ2n) is 26.4. The van der Waals surface area contributed by atoms with E-state index in [9.17, 15) is 0 Å². The number of fused-ring (bicyclic) bond motifs is 6. The number of nitrogens with zero attached hydrogens (tertiary/aromatic N) is 2. The lowest BCUT2D eigenvalue weighted by Gasteiger charge is -2.48. The fourth-order valence-corrected chi connectivity index (χ4v) is 12.4. The summed E-state index contributed by atoms with van der Waals surface area (Å²) < 4.78 is 0. The van der Waals surface area contributed by atoms with E-state index in [0.29, 0.717) is 12.0 Å². The molecule has 0 aromatic heterocycles. The summed E-state index contributed by atoms with van der Waals surface area (Å²) in [6, 6.07) is 49.7. The van der Waals surface area contributed by atoms with E-state index < -0.39 is 0 Å². The highest BCUT2D eigenvalue weighted by molar-refractivity contribution is 7.00. The molecule has 0 amide bonds. The highest BCUT2D eigenvalue weighted by Crippen LogP contribution is 2.53. The van der Waals surface area contributed by atoms with Crippen LogP contribution in [0.3, 0.4) is 0 Å². The molecule has 2 heterocycles. The Labute approximate surface area is 405 Å². The van der Waals surface area contributed by atoms with E-state index in [1.54, 1.807) is 0 Å². The van der Waals surface area contributed by atoms with Gasteiger partial charge >= 0.3 is 0 Å². The molecule has 0 radical (unpaired) electrons. The number of anilines is 5. The van der Waals surface area contributed by atoms with E-state index in [1.807, 2.05) is 0 Å². The summed E-state index contributed by atoms with van der Waals surface area (Å²) in [5, 5.41) is 0. The van der Waals surface area contributed by atoms with Crippen LogP contribution in [0.2, 0.25) is 0 Å². The third-order valence-corrected chi connectivity index (χ3v) is 16.4. The van der Waals surface area contributed by atoms with Crippen LogP contribution in [-0.2, 0) is 27.1 Å². The maximum atomic E-state index is 2.91. The van der Waals surface area contributed by atoms with E-state index >= 15 is 0 Å². The van der Waals surface area contributed by atoms with E-state index in [4.69, 9.17) is 0 Å². The van der Waals surface area contributed by atoms with Gasteiger partial charge in [-0.25, -0.2) is 0 Å². The monoisotopic (exact) mass is 885 g/mol.